The molecule has 0 bridgehead atoms. The fourth-order valence-corrected chi connectivity index (χ4v) is 3.53. The van der Waals surface area contributed by atoms with Crippen LogP contribution in [0, 0.1) is 5.41 Å². The van der Waals surface area contributed by atoms with Crippen LogP contribution in [-0.2, 0) is 20.8 Å². The van der Waals surface area contributed by atoms with Gasteiger partial charge in [0.2, 0.25) is 11.8 Å². The van der Waals surface area contributed by atoms with E-state index in [-0.39, 0.29) is 11.8 Å². The molecule has 0 unspecified atom stereocenters. The molecule has 0 radical (unpaired) electrons. The molecule has 0 saturated heterocycles. The van der Waals surface area contributed by atoms with E-state index in [1.165, 1.54) is 0 Å². The molecular formula is C19H30BN3O4. The van der Waals surface area contributed by atoms with E-state index in [1.54, 1.807) is 0 Å². The summed E-state index contributed by atoms with van der Waals surface area (Å²) in [5, 5.41) is 14.8. The van der Waals surface area contributed by atoms with Gasteiger partial charge in [0, 0.05) is 6.54 Å². The standard InChI is InChI=1S/C19H30BN3O4/c21-13-7-10-16(27-20-26)23-18(25)19(11-5-2-6-12-19)17(24)22-14-15-8-3-1-4-9-15/h1,3-4,8-9,16,20,26H,2,5-7,10-14,21H2,(H,22,24)(H,23,25)/t16-/m1/s1. The van der Waals surface area contributed by atoms with Crippen LogP contribution in [-0.4, -0.2) is 37.3 Å². The third kappa shape index (κ3) is 6.05. The van der Waals surface area contributed by atoms with Crippen molar-refractivity contribution in [3.8, 4) is 0 Å². The smallest absolute Gasteiger partial charge is 0.430 e. The molecule has 1 aliphatic rings. The fraction of sp³-hybridized carbons (Fsp3) is 0.579. The van der Waals surface area contributed by atoms with Crippen molar-refractivity contribution >= 4 is 19.5 Å². The summed E-state index contributed by atoms with van der Waals surface area (Å²) in [7, 11) is -0.497. The Balaban J connectivity index is 2.06. The molecule has 8 heteroatoms. The number of carbonyl (C=O) groups excluding carboxylic acids is 2. The number of rotatable bonds is 10. The Bertz CT molecular complexity index is 594. The predicted octanol–water partition coefficient (Wildman–Crippen LogP) is 0.710. The number of benzene rings is 1. The number of nitrogens with two attached hydrogens (primary N) is 1. The van der Waals surface area contributed by atoms with E-state index in [2.05, 4.69) is 10.6 Å². The molecule has 0 heterocycles. The van der Waals surface area contributed by atoms with Crippen LogP contribution in [0.3, 0.4) is 0 Å². The van der Waals surface area contributed by atoms with Crippen molar-refractivity contribution < 1.29 is 19.3 Å². The Labute approximate surface area is 161 Å². The average Bonchev–Trinajstić information content (AvgIpc) is 2.71. The van der Waals surface area contributed by atoms with E-state index < -0.39 is 19.3 Å². The Morgan fingerprint density at radius 1 is 1.19 bits per heavy atom. The molecule has 1 saturated carbocycles. The molecule has 1 fully saturated rings. The maximum absolute atomic E-state index is 13.1. The summed E-state index contributed by atoms with van der Waals surface area (Å²) in [6.45, 7) is 0.850. The van der Waals surface area contributed by atoms with Crippen molar-refractivity contribution in [2.45, 2.75) is 57.7 Å². The minimum Gasteiger partial charge on any atom is -0.430 e. The second kappa shape index (κ2) is 11.1. The first-order valence-electron chi connectivity index (χ1n) is 9.68. The highest BCUT2D eigenvalue weighted by Crippen LogP contribution is 2.37. The van der Waals surface area contributed by atoms with Crippen molar-refractivity contribution in [3.63, 3.8) is 0 Å². The number of hydrogen-bond donors (Lipinski definition) is 4. The second-order valence-electron chi connectivity index (χ2n) is 7.00. The lowest BCUT2D eigenvalue weighted by atomic mass is 9.72. The number of nitrogens with one attached hydrogen (secondary N) is 2. The highest BCUT2D eigenvalue weighted by molar-refractivity contribution is 6.16. The maximum Gasteiger partial charge on any atom is 0.436 e. The van der Waals surface area contributed by atoms with E-state index in [4.69, 9.17) is 15.4 Å². The lowest BCUT2D eigenvalue weighted by molar-refractivity contribution is -0.147. The van der Waals surface area contributed by atoms with Crippen molar-refractivity contribution in [3.05, 3.63) is 35.9 Å². The molecule has 0 aromatic heterocycles. The van der Waals surface area contributed by atoms with Crippen LogP contribution in [0.15, 0.2) is 30.3 Å². The monoisotopic (exact) mass is 375 g/mol. The van der Waals surface area contributed by atoms with E-state index >= 15 is 0 Å². The minimum atomic E-state index is -1.09. The summed E-state index contributed by atoms with van der Waals surface area (Å²) in [4.78, 5) is 26.1. The first-order valence-corrected chi connectivity index (χ1v) is 9.68. The summed E-state index contributed by atoms with van der Waals surface area (Å²) in [5.41, 5.74) is 5.42. The third-order valence-corrected chi connectivity index (χ3v) is 5.11. The van der Waals surface area contributed by atoms with Crippen LogP contribution >= 0.6 is 0 Å². The van der Waals surface area contributed by atoms with Crippen molar-refractivity contribution in [2.24, 2.45) is 11.1 Å². The van der Waals surface area contributed by atoms with Gasteiger partial charge in [0.1, 0.15) is 11.6 Å². The number of carbonyl (C=O) groups is 2. The van der Waals surface area contributed by atoms with Crippen molar-refractivity contribution in [1.29, 1.82) is 0 Å². The first-order chi connectivity index (χ1) is 13.1. The van der Waals surface area contributed by atoms with Gasteiger partial charge in [-0.3, -0.25) is 9.59 Å². The van der Waals surface area contributed by atoms with Crippen LogP contribution in [0.4, 0.5) is 0 Å². The Morgan fingerprint density at radius 3 is 2.52 bits per heavy atom. The van der Waals surface area contributed by atoms with Gasteiger partial charge in [-0.25, -0.2) is 0 Å². The molecule has 7 nitrogen and oxygen atoms in total. The largest absolute Gasteiger partial charge is 0.436 e. The van der Waals surface area contributed by atoms with Crippen LogP contribution in [0.5, 0.6) is 0 Å². The van der Waals surface area contributed by atoms with Crippen LogP contribution in [0.25, 0.3) is 0 Å². The van der Waals surface area contributed by atoms with E-state index in [0.717, 1.165) is 24.8 Å². The molecular weight excluding hydrogens is 345 g/mol. The van der Waals surface area contributed by atoms with E-state index in [0.29, 0.717) is 38.8 Å². The van der Waals surface area contributed by atoms with Crippen molar-refractivity contribution in [2.75, 3.05) is 6.54 Å². The molecule has 2 amide bonds. The molecule has 1 aromatic rings. The van der Waals surface area contributed by atoms with Gasteiger partial charge < -0.3 is 26.0 Å². The second-order valence-corrected chi connectivity index (χ2v) is 7.00. The molecule has 5 N–H and O–H groups in total. The van der Waals surface area contributed by atoms with Gasteiger partial charge >= 0.3 is 7.69 Å². The highest BCUT2D eigenvalue weighted by Gasteiger charge is 2.46. The van der Waals surface area contributed by atoms with Gasteiger partial charge in [0.05, 0.1) is 0 Å². The molecule has 1 aliphatic carbocycles. The minimum absolute atomic E-state index is 0.245. The van der Waals surface area contributed by atoms with Crippen LogP contribution in [0.2, 0.25) is 0 Å². The quantitative estimate of drug-likeness (QED) is 0.273. The zero-order chi connectivity index (χ0) is 19.5. The normalized spacial score (nSPS) is 17.0. The SMILES string of the molecule is NCCC[C@H](NC(=O)C1(C(=O)NCc2ccccc2)CCCCC1)OBO. The molecule has 2 rings (SSSR count). The lowest BCUT2D eigenvalue weighted by Gasteiger charge is -2.35. The molecule has 0 aliphatic heterocycles. The van der Waals surface area contributed by atoms with Gasteiger partial charge in [-0.2, -0.15) is 0 Å². The molecule has 27 heavy (non-hydrogen) atoms. The summed E-state index contributed by atoms with van der Waals surface area (Å²) in [6.07, 6.45) is 4.21. The van der Waals surface area contributed by atoms with E-state index in [9.17, 15) is 9.59 Å². The van der Waals surface area contributed by atoms with Gasteiger partial charge in [-0.15, -0.1) is 0 Å². The summed E-state index contributed by atoms with van der Waals surface area (Å²) >= 11 is 0. The number of amides is 2. The summed E-state index contributed by atoms with van der Waals surface area (Å²) in [6, 6.07) is 9.62. The molecule has 1 aromatic carbocycles. The van der Waals surface area contributed by atoms with Gasteiger partial charge in [0.25, 0.3) is 0 Å². The molecule has 148 valence electrons. The van der Waals surface area contributed by atoms with Crippen LogP contribution < -0.4 is 16.4 Å². The topological polar surface area (TPSA) is 114 Å². The Morgan fingerprint density at radius 2 is 1.89 bits per heavy atom. The fourth-order valence-electron chi connectivity index (χ4n) is 3.53. The van der Waals surface area contributed by atoms with Crippen molar-refractivity contribution in [1.82, 2.24) is 10.6 Å². The summed E-state index contributed by atoms with van der Waals surface area (Å²) < 4.78 is 5.20. The van der Waals surface area contributed by atoms with Gasteiger partial charge in [0.15, 0.2) is 0 Å². The zero-order valence-corrected chi connectivity index (χ0v) is 15.8. The first kappa shape index (κ1) is 21.4. The predicted molar refractivity (Wildman–Crippen MR) is 104 cm³/mol. The lowest BCUT2D eigenvalue weighted by Crippen LogP contribution is -2.55. The van der Waals surface area contributed by atoms with Crippen LogP contribution in [0.1, 0.15) is 50.5 Å². The Hall–Kier alpha value is -1.90. The van der Waals surface area contributed by atoms with Gasteiger partial charge in [-0.05, 0) is 37.8 Å². The number of hydrogen-bond acceptors (Lipinski definition) is 5. The highest BCUT2D eigenvalue weighted by atomic mass is 16.5. The average molecular weight is 375 g/mol. The third-order valence-electron chi connectivity index (χ3n) is 5.11. The van der Waals surface area contributed by atoms with Gasteiger partial charge in [-0.1, -0.05) is 49.6 Å². The zero-order valence-electron chi connectivity index (χ0n) is 15.8. The Kier molecular flexibility index (Phi) is 8.77. The molecule has 1 atom stereocenters. The van der Waals surface area contributed by atoms with E-state index in [1.807, 2.05) is 30.3 Å². The maximum atomic E-state index is 13.1. The molecule has 0 spiro atoms. The summed E-state index contributed by atoms with van der Waals surface area (Å²) in [5.74, 6) is -0.576.